The van der Waals surface area contributed by atoms with Crippen LogP contribution in [0.3, 0.4) is 0 Å². The normalized spacial score (nSPS) is 17.6. The molecule has 0 spiro atoms. The zero-order valence-corrected chi connectivity index (χ0v) is 16.7. The maximum atomic E-state index is 12.3. The summed E-state index contributed by atoms with van der Waals surface area (Å²) in [5.41, 5.74) is 0.457. The fraction of sp³-hybridized carbons (Fsp3) is 0.600. The van der Waals surface area contributed by atoms with E-state index in [0.717, 1.165) is 25.7 Å². The highest BCUT2D eigenvalue weighted by atomic mass is 35.5. The third kappa shape index (κ3) is 7.55. The van der Waals surface area contributed by atoms with Gasteiger partial charge in [-0.2, -0.15) is 0 Å². The molecule has 0 atom stereocenters. The van der Waals surface area contributed by atoms with E-state index in [9.17, 15) is 9.59 Å². The second-order valence-electron chi connectivity index (χ2n) is 7.01. The van der Waals surface area contributed by atoms with Crippen LogP contribution in [0.4, 0.5) is 5.69 Å². The number of anilines is 1. The number of halogens is 2. The van der Waals surface area contributed by atoms with Gasteiger partial charge in [-0.3, -0.25) is 9.59 Å². The van der Waals surface area contributed by atoms with Crippen LogP contribution in [0.15, 0.2) is 18.2 Å². The quantitative estimate of drug-likeness (QED) is 0.625. The second-order valence-corrected chi connectivity index (χ2v) is 7.83. The molecule has 4 nitrogen and oxygen atoms in total. The average Bonchev–Trinajstić information content (AvgIpc) is 2.60. The van der Waals surface area contributed by atoms with Crippen LogP contribution in [-0.2, 0) is 9.59 Å². The maximum absolute atomic E-state index is 12.3. The summed E-state index contributed by atoms with van der Waals surface area (Å²) in [4.78, 5) is 24.4. The summed E-state index contributed by atoms with van der Waals surface area (Å²) in [5.74, 6) is -1.26. The third-order valence-corrected chi connectivity index (χ3v) is 5.56. The molecule has 1 aromatic rings. The molecule has 0 saturated heterocycles. The lowest BCUT2D eigenvalue weighted by molar-refractivity contribution is -0.136. The molecule has 0 radical (unpaired) electrons. The van der Waals surface area contributed by atoms with Crippen molar-refractivity contribution in [3.63, 3.8) is 0 Å². The van der Waals surface area contributed by atoms with Gasteiger partial charge in [-0.15, -0.1) is 0 Å². The first-order valence-electron chi connectivity index (χ1n) is 9.63. The molecule has 0 heterocycles. The van der Waals surface area contributed by atoms with Crippen molar-refractivity contribution in [3.8, 4) is 0 Å². The summed E-state index contributed by atoms with van der Waals surface area (Å²) in [5, 5.41) is 6.22. The average molecular weight is 399 g/mol. The number of nitrogens with one attached hydrogen (secondary N) is 2. The number of carbonyl (C=O) groups is 2. The summed E-state index contributed by atoms with van der Waals surface area (Å²) in [6.45, 7) is 0. The molecule has 1 aromatic carbocycles. The SMILES string of the molecule is O=C(Nc1ccc(Cl)c(Cl)c1)C(=O)NC1CCCCCCCCCCC1. The van der Waals surface area contributed by atoms with Crippen molar-refractivity contribution in [1.29, 1.82) is 0 Å². The molecule has 0 unspecified atom stereocenters. The van der Waals surface area contributed by atoms with Crippen molar-refractivity contribution in [2.45, 2.75) is 76.7 Å². The molecule has 0 aromatic heterocycles. The summed E-state index contributed by atoms with van der Waals surface area (Å²) in [6.07, 6.45) is 12.9. The van der Waals surface area contributed by atoms with Crippen LogP contribution in [0.2, 0.25) is 10.0 Å². The van der Waals surface area contributed by atoms with Gasteiger partial charge in [-0.25, -0.2) is 0 Å². The Morgan fingerprint density at radius 1 is 0.769 bits per heavy atom. The molecule has 6 heteroatoms. The predicted molar refractivity (Wildman–Crippen MR) is 108 cm³/mol. The lowest BCUT2D eigenvalue weighted by Gasteiger charge is -2.19. The van der Waals surface area contributed by atoms with Gasteiger partial charge in [-0.05, 0) is 31.0 Å². The largest absolute Gasteiger partial charge is 0.345 e. The van der Waals surface area contributed by atoms with Gasteiger partial charge >= 0.3 is 11.8 Å². The Kier molecular flexibility index (Phi) is 9.27. The van der Waals surface area contributed by atoms with Gasteiger partial charge in [0.15, 0.2) is 0 Å². The smallest absolute Gasteiger partial charge is 0.313 e. The number of amides is 2. The number of hydrogen-bond donors (Lipinski definition) is 2. The first-order chi connectivity index (χ1) is 12.6. The van der Waals surface area contributed by atoms with Gasteiger partial charge in [0, 0.05) is 11.7 Å². The van der Waals surface area contributed by atoms with Crippen molar-refractivity contribution in [3.05, 3.63) is 28.2 Å². The van der Waals surface area contributed by atoms with Gasteiger partial charge in [0.1, 0.15) is 0 Å². The van der Waals surface area contributed by atoms with E-state index in [1.54, 1.807) is 12.1 Å². The van der Waals surface area contributed by atoms with Crippen molar-refractivity contribution >= 4 is 40.7 Å². The van der Waals surface area contributed by atoms with Crippen LogP contribution in [0.1, 0.15) is 70.6 Å². The summed E-state index contributed by atoms with van der Waals surface area (Å²) in [7, 11) is 0. The van der Waals surface area contributed by atoms with Gasteiger partial charge in [0.25, 0.3) is 0 Å². The van der Waals surface area contributed by atoms with E-state index in [1.807, 2.05) is 0 Å². The minimum absolute atomic E-state index is 0.0708. The van der Waals surface area contributed by atoms with Crippen molar-refractivity contribution < 1.29 is 9.59 Å². The van der Waals surface area contributed by atoms with Gasteiger partial charge in [-0.1, -0.05) is 81.0 Å². The lowest BCUT2D eigenvalue weighted by atomic mass is 9.98. The van der Waals surface area contributed by atoms with Crippen LogP contribution in [0.25, 0.3) is 0 Å². The Hall–Kier alpha value is -1.26. The first-order valence-corrected chi connectivity index (χ1v) is 10.4. The van der Waals surface area contributed by atoms with Crippen molar-refractivity contribution in [2.24, 2.45) is 0 Å². The molecule has 0 bridgehead atoms. The molecule has 1 fully saturated rings. The monoisotopic (exact) mass is 398 g/mol. The Balaban J connectivity index is 1.85. The van der Waals surface area contributed by atoms with Crippen LogP contribution < -0.4 is 10.6 Å². The minimum atomic E-state index is -0.672. The highest BCUT2D eigenvalue weighted by Crippen LogP contribution is 2.25. The standard InChI is InChI=1S/C20H28Cl2N2O2/c21-17-13-12-16(14-18(17)22)24-20(26)19(25)23-15-10-8-6-4-2-1-3-5-7-9-11-15/h12-15H,1-11H2,(H,23,25)(H,24,26). The van der Waals surface area contributed by atoms with Crippen LogP contribution >= 0.6 is 23.2 Å². The van der Waals surface area contributed by atoms with E-state index < -0.39 is 11.8 Å². The molecule has 0 aliphatic heterocycles. The fourth-order valence-electron chi connectivity index (χ4n) is 3.32. The lowest BCUT2D eigenvalue weighted by Crippen LogP contribution is -2.41. The maximum Gasteiger partial charge on any atom is 0.313 e. The van der Waals surface area contributed by atoms with E-state index in [2.05, 4.69) is 10.6 Å². The third-order valence-electron chi connectivity index (χ3n) is 4.82. The van der Waals surface area contributed by atoms with Crippen LogP contribution in [-0.4, -0.2) is 17.9 Å². The van der Waals surface area contributed by atoms with Crippen molar-refractivity contribution in [2.75, 3.05) is 5.32 Å². The second kappa shape index (κ2) is 11.5. The molecular weight excluding hydrogens is 371 g/mol. The summed E-state index contributed by atoms with van der Waals surface area (Å²) in [6, 6.07) is 4.81. The topological polar surface area (TPSA) is 58.2 Å². The highest BCUT2D eigenvalue weighted by Gasteiger charge is 2.19. The van der Waals surface area contributed by atoms with Crippen LogP contribution in [0.5, 0.6) is 0 Å². The molecule has 1 saturated carbocycles. The molecule has 144 valence electrons. The molecule has 2 N–H and O–H groups in total. The Morgan fingerprint density at radius 3 is 1.85 bits per heavy atom. The Labute approximate surface area is 166 Å². The number of benzene rings is 1. The van der Waals surface area contributed by atoms with E-state index in [4.69, 9.17) is 23.2 Å². The Bertz CT molecular complexity index is 595. The fourth-order valence-corrected chi connectivity index (χ4v) is 3.62. The summed E-state index contributed by atoms with van der Waals surface area (Å²) >= 11 is 11.8. The molecular formula is C20H28Cl2N2O2. The van der Waals surface area contributed by atoms with Gasteiger partial charge < -0.3 is 10.6 Å². The van der Waals surface area contributed by atoms with E-state index in [-0.39, 0.29) is 6.04 Å². The van der Waals surface area contributed by atoms with E-state index >= 15 is 0 Å². The molecule has 2 amide bonds. The number of hydrogen-bond acceptors (Lipinski definition) is 2. The number of carbonyl (C=O) groups excluding carboxylic acids is 2. The highest BCUT2D eigenvalue weighted by molar-refractivity contribution is 6.43. The van der Waals surface area contributed by atoms with Gasteiger partial charge in [0.05, 0.1) is 10.0 Å². The molecule has 2 rings (SSSR count). The number of rotatable bonds is 2. The van der Waals surface area contributed by atoms with E-state index in [1.165, 1.54) is 51.0 Å². The van der Waals surface area contributed by atoms with Gasteiger partial charge in [0.2, 0.25) is 0 Å². The molecule has 1 aliphatic rings. The summed E-state index contributed by atoms with van der Waals surface area (Å²) < 4.78 is 0. The zero-order valence-electron chi connectivity index (χ0n) is 15.2. The first kappa shape index (κ1) is 21.0. The predicted octanol–water partition coefficient (Wildman–Crippen LogP) is 5.72. The van der Waals surface area contributed by atoms with E-state index in [0.29, 0.717) is 15.7 Å². The molecule has 1 aliphatic carbocycles. The minimum Gasteiger partial charge on any atom is -0.345 e. The Morgan fingerprint density at radius 2 is 1.31 bits per heavy atom. The zero-order chi connectivity index (χ0) is 18.8. The van der Waals surface area contributed by atoms with Crippen LogP contribution in [0, 0.1) is 0 Å². The van der Waals surface area contributed by atoms with Crippen molar-refractivity contribution in [1.82, 2.24) is 5.32 Å². The molecule has 26 heavy (non-hydrogen) atoms.